The van der Waals surface area contributed by atoms with Crippen molar-refractivity contribution in [2.45, 2.75) is 19.8 Å². The minimum absolute atomic E-state index is 0.00209. The molecule has 0 radical (unpaired) electrons. The van der Waals surface area contributed by atoms with Crippen LogP contribution < -0.4 is 5.32 Å². The average molecular weight is 332 g/mol. The van der Waals surface area contributed by atoms with E-state index in [4.69, 9.17) is 5.41 Å². The first-order chi connectivity index (χ1) is 11.1. The van der Waals surface area contributed by atoms with Crippen molar-refractivity contribution < 1.29 is 9.59 Å². The van der Waals surface area contributed by atoms with E-state index in [0.717, 1.165) is 17.3 Å². The molecule has 0 bridgehead atoms. The number of nitrogens with one attached hydrogen (secondary N) is 2. The zero-order chi connectivity index (χ0) is 16.8. The lowest BCUT2D eigenvalue weighted by molar-refractivity contribution is -0.128. The lowest BCUT2D eigenvalue weighted by Crippen LogP contribution is -2.42. The Morgan fingerprint density at radius 3 is 2.52 bits per heavy atom. The monoisotopic (exact) mass is 332 g/mol. The molecule has 6 nitrogen and oxygen atoms in total. The van der Waals surface area contributed by atoms with Gasteiger partial charge in [0.1, 0.15) is 11.8 Å². The second kappa shape index (κ2) is 7.92. The van der Waals surface area contributed by atoms with Crippen LogP contribution in [-0.2, 0) is 9.59 Å². The van der Waals surface area contributed by atoms with Crippen LogP contribution in [0.3, 0.4) is 0 Å². The Morgan fingerprint density at radius 2 is 1.96 bits per heavy atom. The Labute approximate surface area is 139 Å². The molecule has 1 heterocycles. The maximum atomic E-state index is 12.3. The van der Waals surface area contributed by atoms with Crippen LogP contribution in [0.2, 0.25) is 0 Å². The Balaban J connectivity index is 2.03. The van der Waals surface area contributed by atoms with Gasteiger partial charge >= 0.3 is 0 Å². The predicted octanol–water partition coefficient (Wildman–Crippen LogP) is 1.83. The molecular formula is C16H20N4O2S. The molecular weight excluding hydrogens is 312 g/mol. The molecule has 2 amide bonds. The lowest BCUT2D eigenvalue weighted by atomic mass is 9.96. The number of hydrogen-bond acceptors (Lipinski definition) is 4. The number of carbonyl (C=O) groups is 2. The van der Waals surface area contributed by atoms with Crippen LogP contribution in [0.25, 0.3) is 0 Å². The van der Waals surface area contributed by atoms with Crippen molar-refractivity contribution in [1.29, 1.82) is 5.41 Å². The Kier molecular flexibility index (Phi) is 5.92. The molecule has 2 rings (SSSR count). The minimum atomic E-state index is -0.695. The van der Waals surface area contributed by atoms with E-state index < -0.39 is 5.92 Å². The van der Waals surface area contributed by atoms with Gasteiger partial charge in [0.15, 0.2) is 5.17 Å². The van der Waals surface area contributed by atoms with E-state index in [-0.39, 0.29) is 23.4 Å². The number of aliphatic imine (C=N–C) groups is 1. The van der Waals surface area contributed by atoms with E-state index in [2.05, 4.69) is 10.3 Å². The van der Waals surface area contributed by atoms with Gasteiger partial charge in [-0.3, -0.25) is 15.0 Å². The summed E-state index contributed by atoms with van der Waals surface area (Å²) in [5.41, 5.74) is 0.738. The molecule has 7 heteroatoms. The molecule has 1 aromatic carbocycles. The SMILES string of the molecule is CCN(CC)C(=O)CSC1=NC(=N)C(c2ccccc2)C(=O)N1. The largest absolute Gasteiger partial charge is 0.343 e. The van der Waals surface area contributed by atoms with Crippen molar-refractivity contribution in [3.63, 3.8) is 0 Å². The topological polar surface area (TPSA) is 85.6 Å². The molecule has 1 aliphatic heterocycles. The molecule has 0 aliphatic carbocycles. The van der Waals surface area contributed by atoms with E-state index >= 15 is 0 Å². The van der Waals surface area contributed by atoms with Gasteiger partial charge in [-0.1, -0.05) is 42.1 Å². The van der Waals surface area contributed by atoms with Crippen molar-refractivity contribution in [1.82, 2.24) is 10.2 Å². The predicted molar refractivity (Wildman–Crippen MR) is 92.9 cm³/mol. The van der Waals surface area contributed by atoms with Gasteiger partial charge in [-0.15, -0.1) is 0 Å². The fourth-order valence-electron chi connectivity index (χ4n) is 2.32. The first kappa shape index (κ1) is 17.2. The van der Waals surface area contributed by atoms with Crippen molar-refractivity contribution in [3.8, 4) is 0 Å². The summed E-state index contributed by atoms with van der Waals surface area (Å²) >= 11 is 1.16. The molecule has 0 saturated heterocycles. The summed E-state index contributed by atoms with van der Waals surface area (Å²) in [5, 5.41) is 11.0. The third kappa shape index (κ3) is 4.19. The second-order valence-corrected chi connectivity index (χ2v) is 5.95. The summed E-state index contributed by atoms with van der Waals surface area (Å²) in [6.07, 6.45) is 0. The van der Waals surface area contributed by atoms with E-state index in [1.807, 2.05) is 32.0 Å². The molecule has 2 N–H and O–H groups in total. The van der Waals surface area contributed by atoms with Gasteiger partial charge in [0, 0.05) is 13.1 Å². The Hall–Kier alpha value is -2.15. The smallest absolute Gasteiger partial charge is 0.241 e. The van der Waals surface area contributed by atoms with E-state index in [1.165, 1.54) is 0 Å². The van der Waals surface area contributed by atoms with Crippen molar-refractivity contribution in [3.05, 3.63) is 35.9 Å². The highest BCUT2D eigenvalue weighted by molar-refractivity contribution is 8.14. The van der Waals surface area contributed by atoms with Crippen LogP contribution in [0.4, 0.5) is 0 Å². The van der Waals surface area contributed by atoms with Gasteiger partial charge in [-0.25, -0.2) is 4.99 Å². The maximum absolute atomic E-state index is 12.3. The van der Waals surface area contributed by atoms with Gasteiger partial charge < -0.3 is 10.2 Å². The summed E-state index contributed by atoms with van der Waals surface area (Å²) in [6, 6.07) is 9.11. The highest BCUT2D eigenvalue weighted by Gasteiger charge is 2.30. The Morgan fingerprint density at radius 1 is 1.30 bits per heavy atom. The summed E-state index contributed by atoms with van der Waals surface area (Å²) in [5.74, 6) is -0.788. The molecule has 0 aromatic heterocycles. The second-order valence-electron chi connectivity index (χ2n) is 4.99. The van der Waals surface area contributed by atoms with Crippen LogP contribution in [0, 0.1) is 5.41 Å². The Bertz CT molecular complexity index is 626. The molecule has 0 saturated carbocycles. The molecule has 122 valence electrons. The number of carbonyl (C=O) groups excluding carboxylic acids is 2. The normalized spacial score (nSPS) is 17.5. The number of benzene rings is 1. The fraction of sp³-hybridized carbons (Fsp3) is 0.375. The first-order valence-electron chi connectivity index (χ1n) is 7.50. The highest BCUT2D eigenvalue weighted by atomic mass is 32.2. The zero-order valence-corrected chi connectivity index (χ0v) is 14.0. The van der Waals surface area contributed by atoms with Gasteiger partial charge in [-0.05, 0) is 19.4 Å². The van der Waals surface area contributed by atoms with Crippen LogP contribution >= 0.6 is 11.8 Å². The van der Waals surface area contributed by atoms with E-state index in [9.17, 15) is 9.59 Å². The highest BCUT2D eigenvalue weighted by Crippen LogP contribution is 2.22. The number of amidine groups is 2. The van der Waals surface area contributed by atoms with E-state index in [0.29, 0.717) is 18.3 Å². The molecule has 1 aliphatic rings. The third-order valence-electron chi connectivity index (χ3n) is 3.57. The van der Waals surface area contributed by atoms with Crippen LogP contribution in [0.1, 0.15) is 25.3 Å². The van der Waals surface area contributed by atoms with Crippen LogP contribution in [0.5, 0.6) is 0 Å². The standard InChI is InChI=1S/C16H20N4O2S/c1-3-20(4-2)12(21)10-23-16-18-14(17)13(15(22)19-16)11-8-6-5-7-9-11/h5-9,13H,3-4,10H2,1-2H3,(H2,17,18,19,22). The molecule has 23 heavy (non-hydrogen) atoms. The van der Waals surface area contributed by atoms with Crippen molar-refractivity contribution >= 4 is 34.6 Å². The van der Waals surface area contributed by atoms with Crippen LogP contribution in [0.15, 0.2) is 35.3 Å². The minimum Gasteiger partial charge on any atom is -0.343 e. The van der Waals surface area contributed by atoms with Gasteiger partial charge in [0.05, 0.1) is 5.75 Å². The molecule has 0 fully saturated rings. The number of rotatable bonds is 5. The van der Waals surface area contributed by atoms with Crippen molar-refractivity contribution in [2.24, 2.45) is 4.99 Å². The summed E-state index contributed by atoms with van der Waals surface area (Å²) in [7, 11) is 0. The summed E-state index contributed by atoms with van der Waals surface area (Å²) in [4.78, 5) is 30.1. The fourth-order valence-corrected chi connectivity index (χ4v) is 3.10. The van der Waals surface area contributed by atoms with Gasteiger partial charge in [0.2, 0.25) is 11.8 Å². The number of hydrogen-bond donors (Lipinski definition) is 2. The maximum Gasteiger partial charge on any atom is 0.241 e. The van der Waals surface area contributed by atoms with E-state index in [1.54, 1.807) is 17.0 Å². The molecule has 1 unspecified atom stereocenters. The van der Waals surface area contributed by atoms with Gasteiger partial charge in [0.25, 0.3) is 0 Å². The molecule has 1 atom stereocenters. The molecule has 1 aromatic rings. The molecule has 0 spiro atoms. The first-order valence-corrected chi connectivity index (χ1v) is 8.48. The van der Waals surface area contributed by atoms with Crippen molar-refractivity contribution in [2.75, 3.05) is 18.8 Å². The lowest BCUT2D eigenvalue weighted by Gasteiger charge is -2.23. The van der Waals surface area contributed by atoms with Gasteiger partial charge in [-0.2, -0.15) is 0 Å². The number of amides is 2. The van der Waals surface area contributed by atoms with Crippen LogP contribution in [-0.4, -0.2) is 46.6 Å². The summed E-state index contributed by atoms with van der Waals surface area (Å²) in [6.45, 7) is 5.15. The third-order valence-corrected chi connectivity index (χ3v) is 4.43. The zero-order valence-electron chi connectivity index (χ0n) is 13.2. The quantitative estimate of drug-likeness (QED) is 0.862. The summed E-state index contributed by atoms with van der Waals surface area (Å²) < 4.78 is 0. The average Bonchev–Trinajstić information content (AvgIpc) is 2.54. The number of nitrogens with zero attached hydrogens (tertiary/aromatic N) is 2. The number of thioether (sulfide) groups is 1.